The van der Waals surface area contributed by atoms with E-state index in [1.54, 1.807) is 0 Å². The van der Waals surface area contributed by atoms with Crippen LogP contribution in [-0.4, -0.2) is 54.7 Å². The zero-order chi connectivity index (χ0) is 18.5. The second-order valence-electron chi connectivity index (χ2n) is 7.46. The molecule has 1 amide bonds. The Morgan fingerprint density at radius 3 is 3.00 bits per heavy atom. The van der Waals surface area contributed by atoms with E-state index in [0.717, 1.165) is 69.7 Å². The molecule has 1 aromatic rings. The van der Waals surface area contributed by atoms with Gasteiger partial charge in [0.05, 0.1) is 13.2 Å². The minimum atomic E-state index is -0.269. The number of aromatic nitrogens is 1. The highest BCUT2D eigenvalue weighted by Crippen LogP contribution is 2.25. The van der Waals surface area contributed by atoms with E-state index in [1.165, 1.54) is 0 Å². The van der Waals surface area contributed by atoms with E-state index in [-0.39, 0.29) is 17.0 Å². The lowest BCUT2D eigenvalue weighted by molar-refractivity contribution is -0.00770. The number of carbonyl (C=O) groups excluding carboxylic acids is 1. The number of amides is 1. The van der Waals surface area contributed by atoms with Crippen molar-refractivity contribution < 1.29 is 9.53 Å². The van der Waals surface area contributed by atoms with E-state index >= 15 is 0 Å². The van der Waals surface area contributed by atoms with Gasteiger partial charge >= 0.3 is 0 Å². The molecule has 2 heterocycles. The first kappa shape index (κ1) is 19.1. The lowest BCUT2D eigenvalue weighted by atomic mass is 9.84. The van der Waals surface area contributed by atoms with Crippen LogP contribution in [0.25, 0.3) is 0 Å². The molecule has 2 unspecified atom stereocenters. The fraction of sp³-hybridized carbons (Fsp3) is 0.700. The van der Waals surface area contributed by atoms with Crippen molar-refractivity contribution >= 4 is 5.91 Å². The number of nitrogens with zero attached hydrogens (tertiary/aromatic N) is 1. The molecule has 6 heteroatoms. The van der Waals surface area contributed by atoms with E-state index < -0.39 is 0 Å². The lowest BCUT2D eigenvalue weighted by Gasteiger charge is -2.34. The van der Waals surface area contributed by atoms with Gasteiger partial charge in [0, 0.05) is 31.4 Å². The van der Waals surface area contributed by atoms with Crippen molar-refractivity contribution in [1.82, 2.24) is 15.2 Å². The van der Waals surface area contributed by atoms with E-state index in [2.05, 4.69) is 29.0 Å². The average Bonchev–Trinajstić information content (AvgIpc) is 2.67. The Hall–Kier alpha value is -1.66. The van der Waals surface area contributed by atoms with Crippen molar-refractivity contribution in [3.63, 3.8) is 0 Å². The summed E-state index contributed by atoms with van der Waals surface area (Å²) in [4.78, 5) is 30.1. The van der Waals surface area contributed by atoms with Crippen molar-refractivity contribution in [3.05, 3.63) is 33.2 Å². The van der Waals surface area contributed by atoms with E-state index in [0.29, 0.717) is 18.5 Å². The van der Waals surface area contributed by atoms with Crippen LogP contribution < -0.4 is 10.9 Å². The highest BCUT2D eigenvalue weighted by molar-refractivity contribution is 5.94. The summed E-state index contributed by atoms with van der Waals surface area (Å²) in [5.41, 5.74) is 2.12. The predicted molar refractivity (Wildman–Crippen MR) is 102 cm³/mol. The Kier molecular flexibility index (Phi) is 6.48. The molecule has 1 aliphatic carbocycles. The van der Waals surface area contributed by atoms with Crippen molar-refractivity contribution in [3.8, 4) is 0 Å². The largest absolute Gasteiger partial charge is 0.378 e. The van der Waals surface area contributed by atoms with Crippen LogP contribution in [0.5, 0.6) is 0 Å². The minimum absolute atomic E-state index is 0.245. The number of ether oxygens (including phenoxy) is 1. The maximum Gasteiger partial charge on any atom is 0.261 e. The molecule has 2 aliphatic rings. The number of hydrogen-bond donors (Lipinski definition) is 2. The average molecular weight is 361 g/mol. The summed E-state index contributed by atoms with van der Waals surface area (Å²) in [5.74, 6) is 0.380. The summed E-state index contributed by atoms with van der Waals surface area (Å²) < 4.78 is 5.51. The third-order valence-electron chi connectivity index (χ3n) is 5.85. The number of hydrogen-bond acceptors (Lipinski definition) is 4. The summed E-state index contributed by atoms with van der Waals surface area (Å²) in [7, 11) is 0. The SMILES string of the molecule is CCC1CCc2[nH]c(=O)c(C(=O)NCCN3CCOCC3CC)cc2C1. The van der Waals surface area contributed by atoms with Crippen LogP contribution in [0.2, 0.25) is 0 Å². The van der Waals surface area contributed by atoms with Crippen molar-refractivity contribution in [2.75, 3.05) is 32.8 Å². The van der Waals surface area contributed by atoms with Gasteiger partial charge in [0.25, 0.3) is 11.5 Å². The smallest absolute Gasteiger partial charge is 0.261 e. The highest BCUT2D eigenvalue weighted by atomic mass is 16.5. The van der Waals surface area contributed by atoms with E-state index in [9.17, 15) is 9.59 Å². The highest BCUT2D eigenvalue weighted by Gasteiger charge is 2.23. The van der Waals surface area contributed by atoms with Gasteiger partial charge in [-0.1, -0.05) is 20.3 Å². The van der Waals surface area contributed by atoms with Gasteiger partial charge in [-0.2, -0.15) is 0 Å². The number of carbonyl (C=O) groups is 1. The Balaban J connectivity index is 1.60. The minimum Gasteiger partial charge on any atom is -0.378 e. The third-order valence-corrected chi connectivity index (χ3v) is 5.85. The summed E-state index contributed by atoms with van der Waals surface area (Å²) in [6.07, 6.45) is 5.15. The Morgan fingerprint density at radius 1 is 1.38 bits per heavy atom. The molecule has 144 valence electrons. The van der Waals surface area contributed by atoms with Crippen LogP contribution in [0, 0.1) is 5.92 Å². The zero-order valence-corrected chi connectivity index (χ0v) is 16.0. The lowest BCUT2D eigenvalue weighted by Crippen LogP contribution is -2.48. The van der Waals surface area contributed by atoms with E-state index in [4.69, 9.17) is 4.74 Å². The standard InChI is InChI=1S/C20H31N3O3/c1-3-14-5-6-18-15(11-14)12-17(20(25)22-18)19(24)21-7-8-23-9-10-26-13-16(23)4-2/h12,14,16H,3-11,13H2,1-2H3,(H,21,24)(H,22,25). The summed E-state index contributed by atoms with van der Waals surface area (Å²) in [5, 5.41) is 2.92. The maximum atomic E-state index is 12.5. The molecular weight excluding hydrogens is 330 g/mol. The number of nitrogens with one attached hydrogen (secondary N) is 2. The molecule has 3 rings (SSSR count). The second kappa shape index (κ2) is 8.82. The molecule has 26 heavy (non-hydrogen) atoms. The van der Waals surface area contributed by atoms with Gasteiger partial charge < -0.3 is 15.0 Å². The fourth-order valence-corrected chi connectivity index (χ4v) is 4.06. The van der Waals surface area contributed by atoms with Crippen molar-refractivity contribution in [2.24, 2.45) is 5.92 Å². The molecule has 0 bridgehead atoms. The van der Waals surface area contributed by atoms with Gasteiger partial charge in [-0.05, 0) is 43.2 Å². The van der Waals surface area contributed by atoms with Gasteiger partial charge in [-0.15, -0.1) is 0 Å². The Labute approximate surface area is 155 Å². The molecule has 1 fully saturated rings. The van der Waals surface area contributed by atoms with Crippen LogP contribution in [-0.2, 0) is 17.6 Å². The monoisotopic (exact) mass is 361 g/mol. The topological polar surface area (TPSA) is 74.4 Å². The van der Waals surface area contributed by atoms with Gasteiger partial charge in [0.15, 0.2) is 0 Å². The molecule has 0 radical (unpaired) electrons. The van der Waals surface area contributed by atoms with Gasteiger partial charge in [-0.3, -0.25) is 14.5 Å². The third kappa shape index (κ3) is 4.35. The number of morpholine rings is 1. The summed E-state index contributed by atoms with van der Waals surface area (Å²) in [6, 6.07) is 2.23. The Morgan fingerprint density at radius 2 is 2.23 bits per heavy atom. The number of H-pyrrole nitrogens is 1. The van der Waals surface area contributed by atoms with Gasteiger partial charge in [0.2, 0.25) is 0 Å². The summed E-state index contributed by atoms with van der Waals surface area (Å²) in [6.45, 7) is 8.08. The van der Waals surface area contributed by atoms with Crippen molar-refractivity contribution in [2.45, 2.75) is 52.0 Å². The Bertz CT molecular complexity index is 685. The van der Waals surface area contributed by atoms with Crippen LogP contribution in [0.15, 0.2) is 10.9 Å². The first-order chi connectivity index (χ1) is 12.6. The molecule has 1 saturated heterocycles. The summed E-state index contributed by atoms with van der Waals surface area (Å²) >= 11 is 0. The molecule has 1 aromatic heterocycles. The molecule has 1 aliphatic heterocycles. The molecule has 6 nitrogen and oxygen atoms in total. The van der Waals surface area contributed by atoms with Gasteiger partial charge in [-0.25, -0.2) is 0 Å². The fourth-order valence-electron chi connectivity index (χ4n) is 4.06. The quantitative estimate of drug-likeness (QED) is 0.809. The molecule has 2 N–H and O–H groups in total. The normalized spacial score (nSPS) is 23.5. The molecule has 0 spiro atoms. The number of aromatic amines is 1. The predicted octanol–water partition coefficient (Wildman–Crippen LogP) is 1.73. The van der Waals surface area contributed by atoms with Crippen LogP contribution in [0.3, 0.4) is 0 Å². The van der Waals surface area contributed by atoms with Crippen molar-refractivity contribution in [1.29, 1.82) is 0 Å². The van der Waals surface area contributed by atoms with Crippen LogP contribution in [0.4, 0.5) is 0 Å². The number of pyridine rings is 1. The van der Waals surface area contributed by atoms with Crippen LogP contribution in [0.1, 0.15) is 54.7 Å². The van der Waals surface area contributed by atoms with Crippen LogP contribution >= 0.6 is 0 Å². The first-order valence-corrected chi connectivity index (χ1v) is 9.97. The second-order valence-corrected chi connectivity index (χ2v) is 7.46. The molecule has 0 aromatic carbocycles. The molecule has 0 saturated carbocycles. The molecule has 2 atom stereocenters. The number of fused-ring (bicyclic) bond motifs is 1. The van der Waals surface area contributed by atoms with E-state index in [1.807, 2.05) is 6.07 Å². The number of rotatable bonds is 6. The first-order valence-electron chi connectivity index (χ1n) is 9.97. The maximum absolute atomic E-state index is 12.5. The number of aryl methyl sites for hydroxylation is 1. The zero-order valence-electron chi connectivity index (χ0n) is 16.0. The van der Waals surface area contributed by atoms with Gasteiger partial charge in [0.1, 0.15) is 5.56 Å². The molecular formula is C20H31N3O3.